The van der Waals surface area contributed by atoms with Crippen molar-refractivity contribution in [3.8, 4) is 0 Å². The number of hydrogen-bond donors (Lipinski definition) is 16. The molecule has 2 heterocycles. The number of carbonyl (C=O) groups is 10. The molecule has 0 aromatic carbocycles. The van der Waals surface area contributed by atoms with Crippen LogP contribution in [0.5, 0.6) is 0 Å². The van der Waals surface area contributed by atoms with Crippen LogP contribution in [0.15, 0.2) is 0 Å². The van der Waals surface area contributed by atoms with Crippen LogP contribution in [0.3, 0.4) is 0 Å². The Morgan fingerprint density at radius 1 is 0.625 bits per heavy atom. The second kappa shape index (κ2) is 29.7. The lowest BCUT2D eigenvalue weighted by molar-refractivity contribution is -0.333. The minimum Gasteiger partial charge on any atom is -0.480 e. The number of carboxylic acids is 1. The van der Waals surface area contributed by atoms with Crippen LogP contribution < -0.4 is 54.0 Å². The Labute approximate surface area is 414 Å². The first kappa shape index (κ1) is 62.4. The number of unbranched alkanes of at least 4 members (excludes halogenated alkanes) is 1. The Bertz CT molecular complexity index is 1900. The zero-order valence-electron chi connectivity index (χ0n) is 41.0. The van der Waals surface area contributed by atoms with Gasteiger partial charge in [-0.15, -0.1) is 0 Å². The quantitative estimate of drug-likeness (QED) is 0.0324. The lowest BCUT2D eigenvalue weighted by Crippen LogP contribution is -2.70. The van der Waals surface area contributed by atoms with Gasteiger partial charge in [-0.3, -0.25) is 47.9 Å². The van der Waals surface area contributed by atoms with E-state index in [1.807, 2.05) is 0 Å². The van der Waals surface area contributed by atoms with Crippen molar-refractivity contribution in [1.29, 1.82) is 0 Å². The first-order valence-electron chi connectivity index (χ1n) is 23.1. The molecule has 0 spiro atoms. The van der Waals surface area contributed by atoms with E-state index in [1.54, 1.807) is 0 Å². The van der Waals surface area contributed by atoms with Crippen molar-refractivity contribution < 1.29 is 97.5 Å². The van der Waals surface area contributed by atoms with E-state index in [1.165, 1.54) is 34.6 Å². The van der Waals surface area contributed by atoms with Gasteiger partial charge in [-0.05, 0) is 60.3 Å². The number of ether oxygens (including phenoxy) is 4. The third-order valence-corrected chi connectivity index (χ3v) is 11.3. The number of carbonyl (C=O) groups excluding carboxylic acids is 9. The molecule has 2 rings (SSSR count). The van der Waals surface area contributed by atoms with Gasteiger partial charge in [0.05, 0.1) is 19.3 Å². The number of aliphatic carboxylic acids is 1. The molecule has 9 amide bonds. The monoisotopic (exact) mass is 1040 g/mol. The highest BCUT2D eigenvalue weighted by atomic mass is 16.7. The molecule has 2 aliphatic heterocycles. The van der Waals surface area contributed by atoms with Gasteiger partial charge in [0.25, 0.3) is 0 Å². The van der Waals surface area contributed by atoms with Crippen molar-refractivity contribution >= 4 is 59.1 Å². The molecule has 2 aliphatic rings. The molecule has 17 unspecified atom stereocenters. The van der Waals surface area contributed by atoms with Crippen molar-refractivity contribution in [1.82, 2.24) is 42.5 Å². The molecule has 0 aromatic rings. The summed E-state index contributed by atoms with van der Waals surface area (Å²) in [4.78, 5) is 126. The number of amides is 9. The first-order chi connectivity index (χ1) is 33.6. The number of primary amides is 1. The maximum absolute atomic E-state index is 13.6. The second-order valence-corrected chi connectivity index (χ2v) is 17.5. The summed E-state index contributed by atoms with van der Waals surface area (Å²) in [6, 6.07) is -10.6. The summed E-state index contributed by atoms with van der Waals surface area (Å²) in [6.45, 7) is 7.04. The fraction of sp³-hybridized carbons (Fsp3) is 0.762. The summed E-state index contributed by atoms with van der Waals surface area (Å²) >= 11 is 0. The Hall–Kier alpha value is -5.70. The molecular formula is C42H72N10O20. The second-order valence-electron chi connectivity index (χ2n) is 17.5. The number of nitrogens with two attached hydrogens (primary N) is 2. The van der Waals surface area contributed by atoms with Gasteiger partial charge < -0.3 is 104 Å². The highest BCUT2D eigenvalue weighted by Gasteiger charge is 2.53. The third-order valence-electron chi connectivity index (χ3n) is 11.3. The smallest absolute Gasteiger partial charge is 0.325 e. The molecular weight excluding hydrogens is 965 g/mol. The van der Waals surface area contributed by atoms with E-state index in [9.17, 15) is 73.5 Å². The lowest BCUT2D eigenvalue weighted by atomic mass is 9.94. The Kier molecular flexibility index (Phi) is 25.8. The van der Waals surface area contributed by atoms with Crippen molar-refractivity contribution in [2.24, 2.45) is 11.5 Å². The summed E-state index contributed by atoms with van der Waals surface area (Å²) < 4.78 is 23.2. The minimum atomic E-state index is -1.90. The van der Waals surface area contributed by atoms with E-state index in [0.29, 0.717) is 6.42 Å². The van der Waals surface area contributed by atoms with Crippen LogP contribution in [0.25, 0.3) is 0 Å². The van der Waals surface area contributed by atoms with Crippen LogP contribution >= 0.6 is 0 Å². The van der Waals surface area contributed by atoms with Gasteiger partial charge in [0.15, 0.2) is 12.6 Å². The van der Waals surface area contributed by atoms with E-state index in [-0.39, 0.29) is 19.4 Å². The number of aliphatic hydroxyl groups excluding tert-OH is 5. The topological polar surface area (TPSA) is 477 Å². The number of carboxylic acid groups (broad SMARTS) is 1. The summed E-state index contributed by atoms with van der Waals surface area (Å²) in [6.07, 6.45) is -15.2. The molecule has 72 heavy (non-hydrogen) atoms. The van der Waals surface area contributed by atoms with Crippen LogP contribution in [0.4, 0.5) is 0 Å². The summed E-state index contributed by atoms with van der Waals surface area (Å²) in [7, 11) is 0. The van der Waals surface area contributed by atoms with Crippen molar-refractivity contribution in [3.63, 3.8) is 0 Å². The van der Waals surface area contributed by atoms with Gasteiger partial charge in [-0.2, -0.15) is 0 Å². The summed E-state index contributed by atoms with van der Waals surface area (Å²) in [5.74, 6) is -8.68. The standard InChI is InChI=1S/C42H72N10O20/c1-16(43)35(61)45-13-9-8-10-24(39(65)47-17(2)36(62)48-19(4)40(66)67)51-27(57)12-11-23(34(44)60)52-37(63)18(3)46-38(64)20(5)69-33-29(50-22(7)56)41(68)70-26(15-54)32(33)72-42-28(49-21(6)55)31(59)30(58)25(14-53)71-42/h16-20,23-26,28-33,41-42,53-54,58-59,68H,8-15,43H2,1-7H3,(H2,44,60)(H,45,61)(H,46,64)(H,47,65)(H,48,62)(H,49,55)(H,50,56)(H,51,57)(H,52,63)(H,66,67). The molecule has 0 bridgehead atoms. The van der Waals surface area contributed by atoms with E-state index < -0.39 is 189 Å². The predicted octanol–water partition coefficient (Wildman–Crippen LogP) is -8.23. The van der Waals surface area contributed by atoms with Gasteiger partial charge in [0, 0.05) is 26.8 Å². The van der Waals surface area contributed by atoms with Crippen molar-refractivity contribution in [2.75, 3.05) is 19.8 Å². The first-order valence-corrected chi connectivity index (χ1v) is 23.1. The normalized spacial score (nSPS) is 26.8. The number of rotatable bonds is 28. The number of hydrogen-bond acceptors (Lipinski definition) is 20. The highest BCUT2D eigenvalue weighted by molar-refractivity contribution is 5.94. The zero-order chi connectivity index (χ0) is 54.7. The van der Waals surface area contributed by atoms with Crippen molar-refractivity contribution in [3.05, 3.63) is 0 Å². The molecule has 17 atom stereocenters. The third kappa shape index (κ3) is 19.4. The lowest BCUT2D eigenvalue weighted by Gasteiger charge is -2.48. The van der Waals surface area contributed by atoms with E-state index in [0.717, 1.165) is 13.8 Å². The SMILES string of the molecule is CC(=O)NC1C(OC2C(CO)OC(O)C(NC(C)=O)C2OC(C)C(=O)NC(C)C(=O)NC(CCC(=O)NC(CCCCNC(=O)C(C)N)C(=O)NC(C)C(=O)NC(C)C(=O)O)C(N)=O)OC(CO)C(O)C1O. The number of nitrogens with one attached hydrogen (secondary N) is 8. The van der Waals surface area contributed by atoms with Crippen LogP contribution in [0.1, 0.15) is 80.6 Å². The van der Waals surface area contributed by atoms with Crippen LogP contribution in [-0.2, 0) is 66.9 Å². The van der Waals surface area contributed by atoms with Gasteiger partial charge >= 0.3 is 5.97 Å². The summed E-state index contributed by atoms with van der Waals surface area (Å²) in [5.41, 5.74) is 11.1. The minimum absolute atomic E-state index is 0.00623. The van der Waals surface area contributed by atoms with E-state index in [4.69, 9.17) is 35.5 Å². The Balaban J connectivity index is 2.21. The Morgan fingerprint density at radius 2 is 1.18 bits per heavy atom. The molecule has 0 aliphatic carbocycles. The average Bonchev–Trinajstić information content (AvgIpc) is 3.30. The molecule has 30 nitrogen and oxygen atoms in total. The molecule has 410 valence electrons. The fourth-order valence-corrected chi connectivity index (χ4v) is 7.24. The van der Waals surface area contributed by atoms with Crippen LogP contribution in [0.2, 0.25) is 0 Å². The van der Waals surface area contributed by atoms with E-state index >= 15 is 0 Å². The van der Waals surface area contributed by atoms with Crippen LogP contribution in [0, 0.1) is 0 Å². The fourth-order valence-electron chi connectivity index (χ4n) is 7.24. The number of aliphatic hydroxyl groups is 5. The highest BCUT2D eigenvalue weighted by Crippen LogP contribution is 2.31. The Morgan fingerprint density at radius 3 is 1.72 bits per heavy atom. The van der Waals surface area contributed by atoms with Crippen LogP contribution in [-0.4, -0.2) is 213 Å². The van der Waals surface area contributed by atoms with E-state index in [2.05, 4.69) is 42.5 Å². The molecule has 2 saturated heterocycles. The molecule has 0 radical (unpaired) electrons. The maximum Gasteiger partial charge on any atom is 0.325 e. The van der Waals surface area contributed by atoms with Gasteiger partial charge in [-0.25, -0.2) is 0 Å². The summed E-state index contributed by atoms with van der Waals surface area (Å²) in [5, 5.41) is 80.6. The maximum atomic E-state index is 13.6. The van der Waals surface area contributed by atoms with Gasteiger partial charge in [0.2, 0.25) is 53.2 Å². The molecule has 18 N–H and O–H groups in total. The van der Waals surface area contributed by atoms with Gasteiger partial charge in [0.1, 0.15) is 85.0 Å². The molecule has 30 heteroatoms. The molecule has 0 aromatic heterocycles. The average molecular weight is 1040 g/mol. The molecule has 2 fully saturated rings. The van der Waals surface area contributed by atoms with Crippen molar-refractivity contribution in [2.45, 2.75) is 184 Å². The van der Waals surface area contributed by atoms with Gasteiger partial charge in [-0.1, -0.05) is 0 Å². The largest absolute Gasteiger partial charge is 0.480 e. The zero-order valence-corrected chi connectivity index (χ0v) is 41.0. The molecule has 0 saturated carbocycles. The predicted molar refractivity (Wildman–Crippen MR) is 243 cm³/mol.